The largest absolute Gasteiger partial charge is 0.362 e. The maximum Gasteiger partial charge on any atom is 0.274 e. The summed E-state index contributed by atoms with van der Waals surface area (Å²) in [5.74, 6) is 0.546. The van der Waals surface area contributed by atoms with E-state index in [1.807, 2.05) is 33.0 Å². The Morgan fingerprint density at radius 3 is 2.56 bits per heavy atom. The van der Waals surface area contributed by atoms with Crippen molar-refractivity contribution in [3.05, 3.63) is 61.9 Å². The highest BCUT2D eigenvalue weighted by Crippen LogP contribution is 2.35. The van der Waals surface area contributed by atoms with E-state index in [1.165, 1.54) is 10.7 Å². The van der Waals surface area contributed by atoms with Crippen LogP contribution in [0.2, 0.25) is 0 Å². The Kier molecular flexibility index (Phi) is 4.41. The summed E-state index contributed by atoms with van der Waals surface area (Å²) in [6, 6.07) is 7.68. The van der Waals surface area contributed by atoms with Gasteiger partial charge in [-0.05, 0) is 43.9 Å². The van der Waals surface area contributed by atoms with E-state index in [2.05, 4.69) is 21.6 Å². The van der Waals surface area contributed by atoms with Crippen LogP contribution in [0.1, 0.15) is 48.7 Å². The molecule has 0 radical (unpaired) electrons. The zero-order valence-corrected chi connectivity index (χ0v) is 18.4. The fraction of sp³-hybridized carbons (Fsp3) is 0.348. The SMILES string of the molecule is Cc1cc([C@@H](C)Nc2nn(C)c(=O)c3cc(=O)n(C4CC4)cc23)cc2c1c(C#N)nn2C. The van der Waals surface area contributed by atoms with Crippen LogP contribution in [0.4, 0.5) is 5.82 Å². The molecule has 0 aliphatic heterocycles. The monoisotopic (exact) mass is 429 g/mol. The first-order valence-electron chi connectivity index (χ1n) is 10.6. The molecule has 3 heterocycles. The van der Waals surface area contributed by atoms with E-state index in [-0.39, 0.29) is 23.2 Å². The minimum absolute atomic E-state index is 0.145. The van der Waals surface area contributed by atoms with Gasteiger partial charge in [-0.3, -0.25) is 14.3 Å². The number of benzene rings is 1. The molecule has 0 amide bonds. The molecule has 0 spiro atoms. The number of nitrogens with zero attached hydrogens (tertiary/aromatic N) is 6. The predicted octanol–water partition coefficient (Wildman–Crippen LogP) is 2.67. The standard InChI is InChI=1S/C23H23N7O2/c1-12-7-14(8-19-21(12)18(10-24)26-28(19)3)13(2)25-22-17-11-30(15-5-6-15)20(31)9-16(17)23(32)29(4)27-22/h7-9,11,13,15H,5-6H2,1-4H3,(H,25,27)/t13-/m1/s1. The number of fused-ring (bicyclic) bond motifs is 2. The Morgan fingerprint density at radius 2 is 1.88 bits per heavy atom. The molecule has 3 aromatic heterocycles. The Hall–Kier alpha value is -3.93. The lowest BCUT2D eigenvalue weighted by atomic mass is 10.0. The minimum Gasteiger partial charge on any atom is -0.362 e. The first-order chi connectivity index (χ1) is 15.3. The van der Waals surface area contributed by atoms with E-state index < -0.39 is 0 Å². The number of nitrogens with one attached hydrogen (secondary N) is 1. The van der Waals surface area contributed by atoms with Gasteiger partial charge in [0.15, 0.2) is 11.5 Å². The van der Waals surface area contributed by atoms with Gasteiger partial charge in [0.2, 0.25) is 0 Å². The second kappa shape index (κ2) is 7.05. The van der Waals surface area contributed by atoms with Crippen molar-refractivity contribution in [3.8, 4) is 6.07 Å². The molecular weight excluding hydrogens is 406 g/mol. The average molecular weight is 429 g/mol. The molecule has 4 aromatic rings. The van der Waals surface area contributed by atoms with Crippen molar-refractivity contribution < 1.29 is 0 Å². The van der Waals surface area contributed by atoms with Crippen LogP contribution in [-0.2, 0) is 14.1 Å². The number of aryl methyl sites for hydroxylation is 3. The zero-order valence-electron chi connectivity index (χ0n) is 18.4. The molecule has 1 aliphatic rings. The normalized spacial score (nSPS) is 14.6. The summed E-state index contributed by atoms with van der Waals surface area (Å²) in [4.78, 5) is 25.1. The Morgan fingerprint density at radius 1 is 1.12 bits per heavy atom. The van der Waals surface area contributed by atoms with Crippen molar-refractivity contribution in [3.63, 3.8) is 0 Å². The van der Waals surface area contributed by atoms with Crippen molar-refractivity contribution in [2.45, 2.75) is 38.8 Å². The second-order valence-corrected chi connectivity index (χ2v) is 8.54. The number of rotatable bonds is 4. The summed E-state index contributed by atoms with van der Waals surface area (Å²) in [6.45, 7) is 3.98. The van der Waals surface area contributed by atoms with Gasteiger partial charge < -0.3 is 9.88 Å². The molecule has 0 bridgehead atoms. The molecule has 1 saturated carbocycles. The Labute approximate surface area is 183 Å². The number of anilines is 1. The minimum atomic E-state index is -0.297. The molecule has 162 valence electrons. The highest BCUT2D eigenvalue weighted by molar-refractivity contribution is 5.91. The molecule has 9 nitrogen and oxygen atoms in total. The summed E-state index contributed by atoms with van der Waals surface area (Å²) < 4.78 is 4.67. The second-order valence-electron chi connectivity index (χ2n) is 8.54. The molecule has 1 fully saturated rings. The summed E-state index contributed by atoms with van der Waals surface area (Å²) in [6.07, 6.45) is 3.70. The van der Waals surface area contributed by atoms with Gasteiger partial charge >= 0.3 is 0 Å². The maximum atomic E-state index is 12.6. The fourth-order valence-electron chi connectivity index (χ4n) is 4.31. The third-order valence-electron chi connectivity index (χ3n) is 6.18. The Balaban J connectivity index is 1.61. The van der Waals surface area contributed by atoms with Crippen molar-refractivity contribution >= 4 is 27.5 Å². The van der Waals surface area contributed by atoms with Gasteiger partial charge in [0.25, 0.3) is 11.1 Å². The van der Waals surface area contributed by atoms with Crippen LogP contribution in [0.3, 0.4) is 0 Å². The highest BCUT2D eigenvalue weighted by Gasteiger charge is 2.26. The third kappa shape index (κ3) is 3.07. The van der Waals surface area contributed by atoms with Crippen LogP contribution >= 0.6 is 0 Å². The number of pyridine rings is 1. The van der Waals surface area contributed by atoms with Crippen LogP contribution < -0.4 is 16.4 Å². The molecule has 1 aliphatic carbocycles. The molecule has 1 aromatic carbocycles. The van der Waals surface area contributed by atoms with Crippen molar-refractivity contribution in [1.82, 2.24) is 24.1 Å². The summed E-state index contributed by atoms with van der Waals surface area (Å²) in [5.41, 5.74) is 2.81. The lowest BCUT2D eigenvalue weighted by Gasteiger charge is -2.18. The van der Waals surface area contributed by atoms with E-state index in [4.69, 9.17) is 0 Å². The van der Waals surface area contributed by atoms with Gasteiger partial charge in [0.05, 0.1) is 16.9 Å². The van der Waals surface area contributed by atoms with E-state index in [9.17, 15) is 14.9 Å². The quantitative estimate of drug-likeness (QED) is 0.534. The molecule has 32 heavy (non-hydrogen) atoms. The molecule has 9 heteroatoms. The lowest BCUT2D eigenvalue weighted by molar-refractivity contribution is 0.698. The first-order valence-corrected chi connectivity index (χ1v) is 10.6. The van der Waals surface area contributed by atoms with E-state index in [1.54, 1.807) is 22.5 Å². The van der Waals surface area contributed by atoms with Crippen molar-refractivity contribution in [2.75, 3.05) is 5.32 Å². The summed E-state index contributed by atoms with van der Waals surface area (Å²) in [7, 11) is 3.41. The zero-order chi connectivity index (χ0) is 22.7. The van der Waals surface area contributed by atoms with E-state index in [0.29, 0.717) is 22.3 Å². The summed E-state index contributed by atoms with van der Waals surface area (Å²) >= 11 is 0. The molecule has 1 atom stereocenters. The predicted molar refractivity (Wildman–Crippen MR) is 122 cm³/mol. The first kappa shape index (κ1) is 20.0. The van der Waals surface area contributed by atoms with Crippen LogP contribution in [0, 0.1) is 18.3 Å². The van der Waals surface area contributed by atoms with Crippen molar-refractivity contribution in [2.24, 2.45) is 14.1 Å². The van der Waals surface area contributed by atoms with Gasteiger partial charge in [-0.25, -0.2) is 4.68 Å². The molecule has 5 rings (SSSR count). The number of nitriles is 1. The van der Waals surface area contributed by atoms with E-state index in [0.717, 1.165) is 34.9 Å². The third-order valence-corrected chi connectivity index (χ3v) is 6.18. The van der Waals surface area contributed by atoms with Gasteiger partial charge in [-0.2, -0.15) is 15.5 Å². The molecule has 0 saturated heterocycles. The van der Waals surface area contributed by atoms with Gasteiger partial charge in [-0.1, -0.05) is 6.07 Å². The maximum absolute atomic E-state index is 12.6. The van der Waals surface area contributed by atoms with Crippen LogP contribution in [-0.4, -0.2) is 24.1 Å². The smallest absolute Gasteiger partial charge is 0.274 e. The van der Waals surface area contributed by atoms with Crippen LogP contribution in [0.25, 0.3) is 21.7 Å². The molecule has 1 N–H and O–H groups in total. The number of aromatic nitrogens is 5. The van der Waals surface area contributed by atoms with Gasteiger partial charge in [0, 0.05) is 43.2 Å². The molecule has 0 unspecified atom stereocenters. The lowest BCUT2D eigenvalue weighted by Crippen LogP contribution is -2.26. The van der Waals surface area contributed by atoms with Crippen LogP contribution in [0.15, 0.2) is 34.0 Å². The number of hydrogen-bond acceptors (Lipinski definition) is 6. The summed E-state index contributed by atoms with van der Waals surface area (Å²) in [5, 5.41) is 23.4. The number of hydrogen-bond donors (Lipinski definition) is 1. The van der Waals surface area contributed by atoms with Crippen molar-refractivity contribution in [1.29, 1.82) is 5.26 Å². The topological polar surface area (TPSA) is 111 Å². The highest BCUT2D eigenvalue weighted by atomic mass is 16.1. The van der Waals surface area contributed by atoms with Gasteiger partial charge in [-0.15, -0.1) is 0 Å². The Bertz CT molecular complexity index is 1560. The average Bonchev–Trinajstić information content (AvgIpc) is 3.55. The van der Waals surface area contributed by atoms with E-state index >= 15 is 0 Å². The van der Waals surface area contributed by atoms with Gasteiger partial charge in [0.1, 0.15) is 6.07 Å². The van der Waals surface area contributed by atoms with Crippen LogP contribution in [0.5, 0.6) is 0 Å². The molecular formula is C23H23N7O2. The fourth-order valence-corrected chi connectivity index (χ4v) is 4.31.